The Hall–Kier alpha value is -4.25. The van der Waals surface area contributed by atoms with E-state index in [1.807, 2.05) is 13.8 Å². The lowest BCUT2D eigenvalue weighted by atomic mass is 10.1. The maximum atomic E-state index is 12.9. The van der Waals surface area contributed by atoms with Crippen molar-refractivity contribution >= 4 is 39.4 Å². The summed E-state index contributed by atoms with van der Waals surface area (Å²) >= 11 is 0. The van der Waals surface area contributed by atoms with Gasteiger partial charge in [-0.25, -0.2) is 18.2 Å². The molecule has 194 valence electrons. The molecule has 0 saturated heterocycles. The van der Waals surface area contributed by atoms with Gasteiger partial charge in [-0.2, -0.15) is 5.10 Å². The molecule has 3 rings (SSSR count). The Kier molecular flexibility index (Phi) is 8.96. The predicted octanol–water partition coefficient (Wildman–Crippen LogP) is 3.38. The molecular weight excluding hydrogens is 499 g/mol. The number of ether oxygens (including phenoxy) is 1. The van der Waals surface area contributed by atoms with Gasteiger partial charge in [0.1, 0.15) is 18.1 Å². The van der Waals surface area contributed by atoms with E-state index < -0.39 is 34.2 Å². The van der Waals surface area contributed by atoms with E-state index in [0.29, 0.717) is 22.7 Å². The lowest BCUT2D eigenvalue weighted by Gasteiger charge is -2.22. The molecule has 2 N–H and O–H groups in total. The van der Waals surface area contributed by atoms with Crippen molar-refractivity contribution in [3.63, 3.8) is 0 Å². The van der Waals surface area contributed by atoms with Crippen LogP contribution in [-0.4, -0.2) is 45.9 Å². The SMILES string of the molecule is Cc1ccc(N(CC(=O)N/N=C\c2ccc(OCC(=O)Nc3ccc(F)cc3)cc2)S(C)(=O)=O)cc1C. The topological polar surface area (TPSA) is 117 Å². The fourth-order valence-electron chi connectivity index (χ4n) is 3.15. The van der Waals surface area contributed by atoms with Crippen molar-refractivity contribution in [2.24, 2.45) is 5.10 Å². The molecule has 2 amide bonds. The molecule has 0 aliphatic carbocycles. The van der Waals surface area contributed by atoms with Crippen LogP contribution >= 0.6 is 0 Å². The number of hydrogen-bond donors (Lipinski definition) is 2. The number of carbonyl (C=O) groups is 2. The average molecular weight is 527 g/mol. The first-order chi connectivity index (χ1) is 17.5. The zero-order valence-electron chi connectivity index (χ0n) is 20.6. The number of rotatable bonds is 10. The second-order valence-electron chi connectivity index (χ2n) is 8.24. The number of nitrogens with one attached hydrogen (secondary N) is 2. The van der Waals surface area contributed by atoms with E-state index in [1.165, 1.54) is 30.5 Å². The van der Waals surface area contributed by atoms with Gasteiger partial charge in [0.2, 0.25) is 10.0 Å². The number of benzene rings is 3. The molecule has 0 fully saturated rings. The molecule has 0 bridgehead atoms. The highest BCUT2D eigenvalue weighted by molar-refractivity contribution is 7.92. The maximum absolute atomic E-state index is 12.9. The number of hydrazone groups is 1. The van der Waals surface area contributed by atoms with Crippen LogP contribution in [0.4, 0.5) is 15.8 Å². The summed E-state index contributed by atoms with van der Waals surface area (Å²) < 4.78 is 43.9. The molecule has 0 spiro atoms. The fraction of sp³-hybridized carbons (Fsp3) is 0.192. The quantitative estimate of drug-likeness (QED) is 0.310. The zero-order chi connectivity index (χ0) is 27.0. The molecule has 0 radical (unpaired) electrons. The largest absolute Gasteiger partial charge is 0.484 e. The van der Waals surface area contributed by atoms with Crippen LogP contribution in [0.5, 0.6) is 5.75 Å². The maximum Gasteiger partial charge on any atom is 0.262 e. The van der Waals surface area contributed by atoms with Crippen molar-refractivity contribution in [1.82, 2.24) is 5.43 Å². The first-order valence-corrected chi connectivity index (χ1v) is 13.0. The smallest absolute Gasteiger partial charge is 0.262 e. The van der Waals surface area contributed by atoms with Gasteiger partial charge in [-0.1, -0.05) is 6.07 Å². The summed E-state index contributed by atoms with van der Waals surface area (Å²) in [6.45, 7) is 3.11. The molecule has 9 nitrogen and oxygen atoms in total. The van der Waals surface area contributed by atoms with Gasteiger partial charge >= 0.3 is 0 Å². The van der Waals surface area contributed by atoms with E-state index >= 15 is 0 Å². The first kappa shape index (κ1) is 27.3. The van der Waals surface area contributed by atoms with Crippen LogP contribution < -0.4 is 19.8 Å². The number of anilines is 2. The summed E-state index contributed by atoms with van der Waals surface area (Å²) in [7, 11) is -3.69. The second-order valence-corrected chi connectivity index (χ2v) is 10.2. The predicted molar refractivity (Wildman–Crippen MR) is 141 cm³/mol. The molecule has 3 aromatic carbocycles. The second kappa shape index (κ2) is 12.1. The number of aryl methyl sites for hydroxylation is 2. The van der Waals surface area contributed by atoms with E-state index in [0.717, 1.165) is 21.7 Å². The van der Waals surface area contributed by atoms with Crippen LogP contribution in [0, 0.1) is 19.7 Å². The van der Waals surface area contributed by atoms with Crippen LogP contribution in [-0.2, 0) is 19.6 Å². The van der Waals surface area contributed by atoms with E-state index in [2.05, 4.69) is 15.8 Å². The Balaban J connectivity index is 1.50. The molecule has 0 atom stereocenters. The molecule has 37 heavy (non-hydrogen) atoms. The van der Waals surface area contributed by atoms with E-state index in [-0.39, 0.29) is 6.61 Å². The molecule has 11 heteroatoms. The van der Waals surface area contributed by atoms with Gasteiger partial charge in [0, 0.05) is 5.69 Å². The van der Waals surface area contributed by atoms with Crippen molar-refractivity contribution in [2.45, 2.75) is 13.8 Å². The van der Waals surface area contributed by atoms with Crippen molar-refractivity contribution in [3.8, 4) is 5.75 Å². The van der Waals surface area contributed by atoms with Gasteiger partial charge in [0.15, 0.2) is 6.61 Å². The Morgan fingerprint density at radius 3 is 2.27 bits per heavy atom. The average Bonchev–Trinajstić information content (AvgIpc) is 2.84. The standard InChI is InChI=1S/C26H27FN4O5S/c1-18-4-11-23(14-19(18)2)31(37(3,34)35)16-25(32)30-28-15-20-5-12-24(13-6-20)36-17-26(33)29-22-9-7-21(27)8-10-22/h4-15H,16-17H2,1-3H3,(H,29,33)(H,30,32)/b28-15-. The molecule has 0 aliphatic heterocycles. The minimum Gasteiger partial charge on any atom is -0.484 e. The number of sulfonamides is 1. The number of carbonyl (C=O) groups excluding carboxylic acids is 2. The van der Waals surface area contributed by atoms with E-state index in [4.69, 9.17) is 4.74 Å². The van der Waals surface area contributed by atoms with Crippen LogP contribution in [0.2, 0.25) is 0 Å². The molecule has 0 heterocycles. The molecule has 0 saturated carbocycles. The third-order valence-corrected chi connectivity index (χ3v) is 6.39. The normalized spacial score (nSPS) is 11.2. The Morgan fingerprint density at radius 1 is 0.973 bits per heavy atom. The minimum absolute atomic E-state index is 0.238. The van der Waals surface area contributed by atoms with Crippen molar-refractivity contribution < 1.29 is 27.1 Å². The van der Waals surface area contributed by atoms with Crippen molar-refractivity contribution in [3.05, 3.63) is 89.2 Å². The van der Waals surface area contributed by atoms with Crippen molar-refractivity contribution in [2.75, 3.05) is 29.0 Å². The summed E-state index contributed by atoms with van der Waals surface area (Å²) in [6.07, 6.45) is 2.43. The number of amides is 2. The van der Waals surface area contributed by atoms with Crippen LogP contribution in [0.3, 0.4) is 0 Å². The summed E-state index contributed by atoms with van der Waals surface area (Å²) in [5.41, 5.74) is 5.73. The molecular formula is C26H27FN4O5S. The minimum atomic E-state index is -3.69. The lowest BCUT2D eigenvalue weighted by Crippen LogP contribution is -2.39. The van der Waals surface area contributed by atoms with Gasteiger partial charge in [-0.05, 0) is 91.2 Å². The van der Waals surface area contributed by atoms with Gasteiger partial charge < -0.3 is 10.1 Å². The molecule has 0 aliphatic rings. The van der Waals surface area contributed by atoms with Gasteiger partial charge in [-0.15, -0.1) is 0 Å². The highest BCUT2D eigenvalue weighted by atomic mass is 32.2. The highest BCUT2D eigenvalue weighted by Gasteiger charge is 2.21. The summed E-state index contributed by atoms with van der Waals surface area (Å²) in [5, 5.41) is 6.48. The van der Waals surface area contributed by atoms with Crippen molar-refractivity contribution in [1.29, 1.82) is 0 Å². The molecule has 3 aromatic rings. The van der Waals surface area contributed by atoms with Gasteiger partial charge in [0.25, 0.3) is 11.8 Å². The van der Waals surface area contributed by atoms with Gasteiger partial charge in [-0.3, -0.25) is 13.9 Å². The number of hydrogen-bond acceptors (Lipinski definition) is 6. The Bertz CT molecular complexity index is 1390. The monoisotopic (exact) mass is 526 g/mol. The number of nitrogens with zero attached hydrogens (tertiary/aromatic N) is 2. The first-order valence-electron chi connectivity index (χ1n) is 11.2. The Morgan fingerprint density at radius 2 is 1.65 bits per heavy atom. The molecule has 0 unspecified atom stereocenters. The third kappa shape index (κ3) is 8.43. The lowest BCUT2D eigenvalue weighted by molar-refractivity contribution is -0.119. The van der Waals surface area contributed by atoms with Crippen LogP contribution in [0.1, 0.15) is 16.7 Å². The van der Waals surface area contributed by atoms with E-state index in [1.54, 1.807) is 42.5 Å². The number of halogens is 1. The fourth-order valence-corrected chi connectivity index (χ4v) is 4.00. The summed E-state index contributed by atoms with van der Waals surface area (Å²) in [5.74, 6) is -0.964. The third-order valence-electron chi connectivity index (χ3n) is 5.25. The molecule has 0 aromatic heterocycles. The Labute approximate surface area is 215 Å². The highest BCUT2D eigenvalue weighted by Crippen LogP contribution is 2.21. The van der Waals surface area contributed by atoms with E-state index in [9.17, 15) is 22.4 Å². The summed E-state index contributed by atoms with van der Waals surface area (Å²) in [4.78, 5) is 24.3. The van der Waals surface area contributed by atoms with Gasteiger partial charge in [0.05, 0.1) is 18.2 Å². The van der Waals surface area contributed by atoms with Crippen LogP contribution in [0.15, 0.2) is 71.8 Å². The van der Waals surface area contributed by atoms with Crippen LogP contribution in [0.25, 0.3) is 0 Å². The zero-order valence-corrected chi connectivity index (χ0v) is 21.4. The summed E-state index contributed by atoms with van der Waals surface area (Å²) in [6, 6.07) is 17.1.